The van der Waals surface area contributed by atoms with Crippen LogP contribution in [-0.4, -0.2) is 30.9 Å². The van der Waals surface area contributed by atoms with Crippen molar-refractivity contribution in [3.63, 3.8) is 0 Å². The first-order valence-electron chi connectivity index (χ1n) is 9.82. The van der Waals surface area contributed by atoms with Gasteiger partial charge in [0.25, 0.3) is 0 Å². The molecule has 31 heavy (non-hydrogen) atoms. The molecular weight excluding hydrogens is 409 g/mol. The van der Waals surface area contributed by atoms with E-state index in [-0.39, 0.29) is 5.41 Å². The Morgan fingerprint density at radius 2 is 1.68 bits per heavy atom. The van der Waals surface area contributed by atoms with Crippen LogP contribution in [0.1, 0.15) is 30.0 Å². The molecule has 7 heteroatoms. The van der Waals surface area contributed by atoms with Crippen molar-refractivity contribution >= 4 is 11.5 Å². The SMILES string of the molecule is CCC1(COc2ccc(C(=CC=CC(=O)O)c3ccc(C(F)(F)F)cc3)cc2)COC1. The topological polar surface area (TPSA) is 55.8 Å². The summed E-state index contributed by atoms with van der Waals surface area (Å²) in [7, 11) is 0. The normalized spacial score (nSPS) is 16.2. The number of ether oxygens (including phenoxy) is 2. The van der Waals surface area contributed by atoms with Crippen LogP contribution in [0.4, 0.5) is 13.2 Å². The van der Waals surface area contributed by atoms with Gasteiger partial charge in [0.15, 0.2) is 0 Å². The van der Waals surface area contributed by atoms with Crippen LogP contribution in [0.15, 0.2) is 66.8 Å². The molecule has 4 nitrogen and oxygen atoms in total. The third kappa shape index (κ3) is 5.76. The van der Waals surface area contributed by atoms with Crippen molar-refractivity contribution in [3.05, 3.63) is 83.4 Å². The van der Waals surface area contributed by atoms with E-state index in [1.54, 1.807) is 30.3 Å². The number of carbonyl (C=O) groups is 1. The van der Waals surface area contributed by atoms with E-state index in [9.17, 15) is 18.0 Å². The van der Waals surface area contributed by atoms with Crippen LogP contribution in [-0.2, 0) is 15.7 Å². The summed E-state index contributed by atoms with van der Waals surface area (Å²) in [5.74, 6) is -0.437. The van der Waals surface area contributed by atoms with Gasteiger partial charge in [0.1, 0.15) is 5.75 Å². The van der Waals surface area contributed by atoms with E-state index in [4.69, 9.17) is 14.6 Å². The Labute approximate surface area is 178 Å². The molecule has 1 aliphatic rings. The zero-order chi connectivity index (χ0) is 22.5. The van der Waals surface area contributed by atoms with Crippen molar-refractivity contribution in [3.8, 4) is 5.75 Å². The fourth-order valence-corrected chi connectivity index (χ4v) is 3.17. The van der Waals surface area contributed by atoms with Gasteiger partial charge in [-0.25, -0.2) is 4.79 Å². The highest BCUT2D eigenvalue weighted by Gasteiger charge is 2.37. The number of allylic oxidation sites excluding steroid dienone is 2. The fourth-order valence-electron chi connectivity index (χ4n) is 3.17. The third-order valence-electron chi connectivity index (χ3n) is 5.30. The Kier molecular flexibility index (Phi) is 6.85. The standard InChI is InChI=1S/C24H23F3O4/c1-2-23(14-30-15-23)16-31-20-12-8-18(9-13-20)21(4-3-5-22(28)29)17-6-10-19(11-7-17)24(25,26)27/h3-13H,2,14-16H2,1H3,(H,28,29). The second-order valence-corrected chi connectivity index (χ2v) is 7.51. The van der Waals surface area contributed by atoms with Crippen molar-refractivity contribution < 1.29 is 32.5 Å². The molecule has 2 aromatic carbocycles. The number of hydrogen-bond acceptors (Lipinski definition) is 3. The molecule has 0 radical (unpaired) electrons. The molecule has 1 N–H and O–H groups in total. The molecular formula is C24H23F3O4. The average molecular weight is 432 g/mol. The molecule has 0 spiro atoms. The monoisotopic (exact) mass is 432 g/mol. The van der Waals surface area contributed by atoms with Crippen molar-refractivity contribution in [2.75, 3.05) is 19.8 Å². The number of halogens is 3. The smallest absolute Gasteiger partial charge is 0.416 e. The number of alkyl halides is 3. The van der Waals surface area contributed by atoms with E-state index in [1.165, 1.54) is 18.2 Å². The van der Waals surface area contributed by atoms with Gasteiger partial charge in [-0.15, -0.1) is 0 Å². The summed E-state index contributed by atoms with van der Waals surface area (Å²) < 4.78 is 49.8. The Morgan fingerprint density at radius 1 is 1.10 bits per heavy atom. The lowest BCUT2D eigenvalue weighted by molar-refractivity contribution is -0.137. The first kappa shape index (κ1) is 22.6. The number of aliphatic carboxylic acids is 1. The van der Waals surface area contributed by atoms with Crippen LogP contribution < -0.4 is 4.74 Å². The van der Waals surface area contributed by atoms with Crippen LogP contribution in [0.25, 0.3) is 5.57 Å². The minimum atomic E-state index is -4.42. The number of carboxylic acid groups (broad SMARTS) is 1. The van der Waals surface area contributed by atoms with Gasteiger partial charge in [-0.2, -0.15) is 13.2 Å². The minimum absolute atomic E-state index is 0.0472. The summed E-state index contributed by atoms with van der Waals surface area (Å²) in [5.41, 5.74) is 1.15. The first-order chi connectivity index (χ1) is 14.7. The molecule has 0 saturated carbocycles. The molecule has 1 aliphatic heterocycles. The zero-order valence-electron chi connectivity index (χ0n) is 17.0. The maximum Gasteiger partial charge on any atom is 0.416 e. The molecule has 0 aliphatic carbocycles. The summed E-state index contributed by atoms with van der Waals surface area (Å²) in [6.45, 7) is 4.00. The Balaban J connectivity index is 1.83. The first-order valence-corrected chi connectivity index (χ1v) is 9.82. The lowest BCUT2D eigenvalue weighted by atomic mass is 9.84. The van der Waals surface area contributed by atoms with E-state index >= 15 is 0 Å². The van der Waals surface area contributed by atoms with Crippen LogP contribution in [0.5, 0.6) is 5.75 Å². The van der Waals surface area contributed by atoms with Gasteiger partial charge in [-0.05, 0) is 47.4 Å². The zero-order valence-corrected chi connectivity index (χ0v) is 17.0. The summed E-state index contributed by atoms with van der Waals surface area (Å²) >= 11 is 0. The van der Waals surface area contributed by atoms with Gasteiger partial charge >= 0.3 is 12.1 Å². The van der Waals surface area contributed by atoms with Crippen molar-refractivity contribution in [2.24, 2.45) is 5.41 Å². The molecule has 0 amide bonds. The van der Waals surface area contributed by atoms with E-state index < -0.39 is 17.7 Å². The summed E-state index contributed by atoms with van der Waals surface area (Å²) in [6, 6.07) is 11.9. The quantitative estimate of drug-likeness (QED) is 0.437. The number of rotatable bonds is 8. The van der Waals surface area contributed by atoms with Crippen LogP contribution in [0, 0.1) is 5.41 Å². The Bertz CT molecular complexity index is 948. The summed E-state index contributed by atoms with van der Waals surface area (Å²) in [6.07, 6.45) is 0.409. The second-order valence-electron chi connectivity index (χ2n) is 7.51. The highest BCUT2D eigenvalue weighted by molar-refractivity contribution is 5.84. The van der Waals surface area contributed by atoms with Crippen molar-refractivity contribution in [1.29, 1.82) is 0 Å². The van der Waals surface area contributed by atoms with E-state index in [0.717, 1.165) is 30.2 Å². The van der Waals surface area contributed by atoms with Crippen LogP contribution in [0.3, 0.4) is 0 Å². The van der Waals surface area contributed by atoms with Crippen LogP contribution >= 0.6 is 0 Å². The Hall–Kier alpha value is -3.06. The predicted molar refractivity (Wildman–Crippen MR) is 111 cm³/mol. The van der Waals surface area contributed by atoms with Gasteiger partial charge in [-0.1, -0.05) is 43.3 Å². The molecule has 1 fully saturated rings. The van der Waals surface area contributed by atoms with E-state index in [1.807, 2.05) is 0 Å². The van der Waals surface area contributed by atoms with Crippen molar-refractivity contribution in [2.45, 2.75) is 19.5 Å². The molecule has 0 aromatic heterocycles. The van der Waals surface area contributed by atoms with Crippen LogP contribution in [0.2, 0.25) is 0 Å². The predicted octanol–water partition coefficient (Wildman–Crippen LogP) is 5.58. The van der Waals surface area contributed by atoms with Gasteiger partial charge in [-0.3, -0.25) is 0 Å². The highest BCUT2D eigenvalue weighted by Crippen LogP contribution is 2.33. The highest BCUT2D eigenvalue weighted by atomic mass is 19.4. The molecule has 164 valence electrons. The lowest BCUT2D eigenvalue weighted by Gasteiger charge is -2.40. The van der Waals surface area contributed by atoms with Gasteiger partial charge < -0.3 is 14.6 Å². The average Bonchev–Trinajstić information content (AvgIpc) is 2.71. The minimum Gasteiger partial charge on any atom is -0.493 e. The van der Waals surface area contributed by atoms with Gasteiger partial charge in [0.2, 0.25) is 0 Å². The number of carboxylic acids is 1. The summed E-state index contributed by atoms with van der Waals surface area (Å²) in [5, 5.41) is 8.83. The maximum atomic E-state index is 12.9. The van der Waals surface area contributed by atoms with Gasteiger partial charge in [0.05, 0.1) is 30.8 Å². The number of benzene rings is 2. The molecule has 0 atom stereocenters. The largest absolute Gasteiger partial charge is 0.493 e. The molecule has 2 aromatic rings. The fraction of sp³-hybridized carbons (Fsp3) is 0.292. The summed E-state index contributed by atoms with van der Waals surface area (Å²) in [4.78, 5) is 10.8. The third-order valence-corrected chi connectivity index (χ3v) is 5.30. The van der Waals surface area contributed by atoms with E-state index in [0.29, 0.717) is 36.7 Å². The Morgan fingerprint density at radius 3 is 2.13 bits per heavy atom. The molecule has 0 unspecified atom stereocenters. The molecule has 0 bridgehead atoms. The number of hydrogen-bond donors (Lipinski definition) is 1. The maximum absolute atomic E-state index is 12.9. The molecule has 1 heterocycles. The lowest BCUT2D eigenvalue weighted by Crippen LogP contribution is -2.46. The molecule has 1 saturated heterocycles. The van der Waals surface area contributed by atoms with Crippen molar-refractivity contribution in [1.82, 2.24) is 0 Å². The second kappa shape index (κ2) is 9.39. The van der Waals surface area contributed by atoms with Gasteiger partial charge in [0, 0.05) is 6.08 Å². The van der Waals surface area contributed by atoms with E-state index in [2.05, 4.69) is 6.92 Å². The molecule has 3 rings (SSSR count).